The summed E-state index contributed by atoms with van der Waals surface area (Å²) in [7, 11) is -3.70. The third-order valence-corrected chi connectivity index (χ3v) is 7.44. The zero-order chi connectivity index (χ0) is 22.5. The van der Waals surface area contributed by atoms with E-state index in [1.807, 2.05) is 6.92 Å². The van der Waals surface area contributed by atoms with Gasteiger partial charge in [0, 0.05) is 0 Å². The van der Waals surface area contributed by atoms with Crippen LogP contribution in [-0.4, -0.2) is 15.0 Å². The van der Waals surface area contributed by atoms with Crippen LogP contribution in [0, 0.1) is 12.8 Å². The number of benzene rings is 2. The molecule has 0 heterocycles. The molecule has 1 fully saturated rings. The van der Waals surface area contributed by atoms with E-state index in [9.17, 15) is 21.6 Å². The maximum Gasteiger partial charge on any atom is 0.416 e. The van der Waals surface area contributed by atoms with Crippen LogP contribution in [0.5, 0.6) is 0 Å². The van der Waals surface area contributed by atoms with E-state index in [1.165, 1.54) is 12.1 Å². The van der Waals surface area contributed by atoms with Crippen LogP contribution in [0.1, 0.15) is 67.6 Å². The van der Waals surface area contributed by atoms with Gasteiger partial charge >= 0.3 is 6.18 Å². The SMILES string of the molecule is Cc1ccc(S(=O)(=O)OCCCC[C@H]2CC[C@H](c3ccc(C(F)(F)F)cc3)CC2)cc1. The molecule has 0 aromatic heterocycles. The number of hydrogen-bond donors (Lipinski definition) is 0. The molecule has 0 saturated heterocycles. The Morgan fingerprint density at radius 3 is 2.10 bits per heavy atom. The second kappa shape index (κ2) is 10.2. The van der Waals surface area contributed by atoms with Gasteiger partial charge in [-0.15, -0.1) is 0 Å². The largest absolute Gasteiger partial charge is 0.416 e. The molecule has 0 aliphatic heterocycles. The first kappa shape index (κ1) is 23.8. The lowest BCUT2D eigenvalue weighted by molar-refractivity contribution is -0.137. The van der Waals surface area contributed by atoms with Crippen LogP contribution in [0.25, 0.3) is 0 Å². The average molecular weight is 455 g/mol. The summed E-state index contributed by atoms with van der Waals surface area (Å²) in [6.07, 6.45) is 2.38. The third kappa shape index (κ3) is 6.81. The Bertz CT molecular complexity index is 928. The molecule has 0 unspecified atom stereocenters. The minimum Gasteiger partial charge on any atom is -0.266 e. The van der Waals surface area contributed by atoms with Gasteiger partial charge < -0.3 is 0 Å². The topological polar surface area (TPSA) is 43.4 Å². The van der Waals surface area contributed by atoms with Gasteiger partial charge in [-0.2, -0.15) is 21.6 Å². The maximum atomic E-state index is 12.7. The predicted octanol–water partition coefficient (Wildman–Crippen LogP) is 6.86. The van der Waals surface area contributed by atoms with Crippen molar-refractivity contribution in [3.63, 3.8) is 0 Å². The van der Waals surface area contributed by atoms with Crippen LogP contribution in [0.15, 0.2) is 53.4 Å². The quantitative estimate of drug-likeness (QED) is 0.323. The molecule has 1 aliphatic rings. The van der Waals surface area contributed by atoms with E-state index in [1.54, 1.807) is 36.4 Å². The van der Waals surface area contributed by atoms with Gasteiger partial charge in [0.05, 0.1) is 17.1 Å². The van der Waals surface area contributed by atoms with Crippen LogP contribution in [0.2, 0.25) is 0 Å². The average Bonchev–Trinajstić information content (AvgIpc) is 2.74. The molecule has 0 spiro atoms. The van der Waals surface area contributed by atoms with E-state index in [2.05, 4.69) is 0 Å². The Balaban J connectivity index is 1.35. The van der Waals surface area contributed by atoms with Crippen molar-refractivity contribution in [3.8, 4) is 0 Å². The first-order valence-corrected chi connectivity index (χ1v) is 12.2. The zero-order valence-electron chi connectivity index (χ0n) is 17.7. The highest BCUT2D eigenvalue weighted by atomic mass is 32.2. The number of aryl methyl sites for hydroxylation is 1. The van der Waals surface area contributed by atoms with Gasteiger partial charge in [-0.25, -0.2) is 0 Å². The molecular weight excluding hydrogens is 425 g/mol. The smallest absolute Gasteiger partial charge is 0.266 e. The highest BCUT2D eigenvalue weighted by Crippen LogP contribution is 2.38. The Morgan fingerprint density at radius 2 is 1.52 bits per heavy atom. The lowest BCUT2D eigenvalue weighted by atomic mass is 9.77. The number of rotatable bonds is 8. The van der Waals surface area contributed by atoms with E-state index in [0.717, 1.165) is 49.7 Å². The molecule has 1 aliphatic carbocycles. The standard InChI is InChI=1S/C24H29F3O3S/c1-18-5-15-23(16-6-18)31(28,29)30-17-3-2-4-19-7-9-20(10-8-19)21-11-13-22(14-12-21)24(25,26)27/h5-6,11-16,19-20H,2-4,7-10,17H2,1H3/t19-,20-. The summed E-state index contributed by atoms with van der Waals surface area (Å²) in [6.45, 7) is 2.07. The second-order valence-electron chi connectivity index (χ2n) is 8.42. The van der Waals surface area contributed by atoms with E-state index in [0.29, 0.717) is 18.3 Å². The number of hydrogen-bond acceptors (Lipinski definition) is 3. The molecule has 2 aromatic carbocycles. The molecule has 0 N–H and O–H groups in total. The van der Waals surface area contributed by atoms with Crippen LogP contribution >= 0.6 is 0 Å². The van der Waals surface area contributed by atoms with E-state index >= 15 is 0 Å². The summed E-state index contributed by atoms with van der Waals surface area (Å²) in [5.74, 6) is 0.904. The Labute approximate surface area is 182 Å². The molecule has 0 amide bonds. The van der Waals surface area contributed by atoms with Crippen molar-refractivity contribution in [2.24, 2.45) is 5.92 Å². The Hall–Kier alpha value is -1.86. The summed E-state index contributed by atoms with van der Waals surface area (Å²) >= 11 is 0. The molecule has 31 heavy (non-hydrogen) atoms. The van der Waals surface area contributed by atoms with Gasteiger partial charge in [0.1, 0.15) is 0 Å². The summed E-state index contributed by atoms with van der Waals surface area (Å²) in [5, 5.41) is 0. The lowest BCUT2D eigenvalue weighted by Gasteiger charge is -2.29. The maximum absolute atomic E-state index is 12.7. The van der Waals surface area contributed by atoms with Crippen molar-refractivity contribution in [2.45, 2.75) is 68.9 Å². The molecule has 3 rings (SSSR count). The van der Waals surface area contributed by atoms with Crippen LogP contribution < -0.4 is 0 Å². The van der Waals surface area contributed by atoms with E-state index in [4.69, 9.17) is 4.18 Å². The van der Waals surface area contributed by atoms with Crippen molar-refractivity contribution in [1.29, 1.82) is 0 Å². The number of alkyl halides is 3. The van der Waals surface area contributed by atoms with E-state index < -0.39 is 21.9 Å². The Morgan fingerprint density at radius 1 is 0.903 bits per heavy atom. The summed E-state index contributed by atoms with van der Waals surface area (Å²) in [6, 6.07) is 12.2. The molecule has 3 nitrogen and oxygen atoms in total. The predicted molar refractivity (Wildman–Crippen MR) is 114 cm³/mol. The lowest BCUT2D eigenvalue weighted by Crippen LogP contribution is -2.14. The molecule has 1 saturated carbocycles. The fourth-order valence-corrected chi connectivity index (χ4v) is 5.15. The molecule has 0 atom stereocenters. The fraction of sp³-hybridized carbons (Fsp3) is 0.500. The molecule has 2 aromatic rings. The van der Waals surface area contributed by atoms with Gasteiger partial charge in [0.2, 0.25) is 0 Å². The molecule has 7 heteroatoms. The van der Waals surface area contributed by atoms with Crippen LogP contribution in [0.4, 0.5) is 13.2 Å². The monoisotopic (exact) mass is 454 g/mol. The number of unbranched alkanes of at least 4 members (excludes halogenated alkanes) is 1. The first-order chi connectivity index (χ1) is 14.6. The third-order valence-electron chi connectivity index (χ3n) is 6.11. The molecule has 0 radical (unpaired) electrons. The van der Waals surface area contributed by atoms with Gasteiger partial charge in [-0.3, -0.25) is 4.18 Å². The first-order valence-electron chi connectivity index (χ1n) is 10.8. The van der Waals surface area contributed by atoms with Gasteiger partial charge in [-0.1, -0.05) is 42.7 Å². The Kier molecular flexibility index (Phi) is 7.81. The van der Waals surface area contributed by atoms with Crippen molar-refractivity contribution >= 4 is 10.1 Å². The van der Waals surface area contributed by atoms with Crippen molar-refractivity contribution < 1.29 is 25.8 Å². The van der Waals surface area contributed by atoms with Gasteiger partial charge in [0.15, 0.2) is 0 Å². The minimum atomic E-state index is -4.29. The van der Waals surface area contributed by atoms with E-state index in [-0.39, 0.29) is 11.5 Å². The number of halogens is 3. The summed E-state index contributed by atoms with van der Waals surface area (Å²) in [4.78, 5) is 0.180. The van der Waals surface area contributed by atoms with Gasteiger partial charge in [-0.05, 0) is 80.7 Å². The normalized spacial score (nSPS) is 20.0. The highest BCUT2D eigenvalue weighted by Gasteiger charge is 2.30. The minimum absolute atomic E-state index is 0.178. The summed E-state index contributed by atoms with van der Waals surface area (Å²) < 4.78 is 67.6. The molecule has 170 valence electrons. The van der Waals surface area contributed by atoms with Crippen molar-refractivity contribution in [1.82, 2.24) is 0 Å². The van der Waals surface area contributed by atoms with Crippen LogP contribution in [0.3, 0.4) is 0 Å². The zero-order valence-corrected chi connectivity index (χ0v) is 18.5. The fourth-order valence-electron chi connectivity index (χ4n) is 4.21. The second-order valence-corrected chi connectivity index (χ2v) is 10.0. The molecular formula is C24H29F3O3S. The summed E-state index contributed by atoms with van der Waals surface area (Å²) in [5.41, 5.74) is 1.38. The molecule has 0 bridgehead atoms. The van der Waals surface area contributed by atoms with Crippen LogP contribution in [-0.2, 0) is 20.5 Å². The van der Waals surface area contributed by atoms with Crippen molar-refractivity contribution in [2.75, 3.05) is 6.61 Å². The highest BCUT2D eigenvalue weighted by molar-refractivity contribution is 7.86. The van der Waals surface area contributed by atoms with Crippen molar-refractivity contribution in [3.05, 3.63) is 65.2 Å². The van der Waals surface area contributed by atoms with Gasteiger partial charge in [0.25, 0.3) is 10.1 Å².